The van der Waals surface area contributed by atoms with Crippen molar-refractivity contribution in [2.24, 2.45) is 5.92 Å². The third kappa shape index (κ3) is 2.98. The average Bonchev–Trinajstić information content (AvgIpc) is 3.20. The van der Waals surface area contributed by atoms with Gasteiger partial charge in [-0.2, -0.15) is 0 Å². The summed E-state index contributed by atoms with van der Waals surface area (Å²) >= 11 is 0. The molecular formula is C19H23N3O5. The Morgan fingerprint density at radius 2 is 2.07 bits per heavy atom. The van der Waals surface area contributed by atoms with Gasteiger partial charge in [0, 0.05) is 13.1 Å². The van der Waals surface area contributed by atoms with Gasteiger partial charge in [-0.05, 0) is 43.4 Å². The first-order valence-corrected chi connectivity index (χ1v) is 9.20. The number of carbonyl (C=O) groups is 3. The van der Waals surface area contributed by atoms with Crippen molar-refractivity contribution >= 4 is 17.8 Å². The van der Waals surface area contributed by atoms with Gasteiger partial charge in [0.25, 0.3) is 5.91 Å². The first kappa shape index (κ1) is 17.6. The van der Waals surface area contributed by atoms with Crippen molar-refractivity contribution in [1.82, 2.24) is 15.1 Å². The molecule has 0 unspecified atom stereocenters. The largest absolute Gasteiger partial charge is 0.454 e. The standard InChI is InChI=1S/C19H23N3O5/c1-12-4-3-7-21(9-12)16(23)10-22-17(24)19(2,20-18(22)25)13-5-6-14-15(8-13)27-11-26-14/h5-6,8,12H,3-4,7,9-11H2,1-2H3,(H,20,25)/t12-,19-/m1/s1. The second kappa shape index (κ2) is 6.44. The number of rotatable bonds is 3. The maximum atomic E-state index is 13.0. The van der Waals surface area contributed by atoms with E-state index in [-0.39, 0.29) is 19.2 Å². The summed E-state index contributed by atoms with van der Waals surface area (Å²) < 4.78 is 10.7. The predicted molar refractivity (Wildman–Crippen MR) is 95.1 cm³/mol. The fraction of sp³-hybridized carbons (Fsp3) is 0.526. The Morgan fingerprint density at radius 1 is 1.30 bits per heavy atom. The molecule has 0 saturated carbocycles. The lowest BCUT2D eigenvalue weighted by molar-refractivity contribution is -0.139. The van der Waals surface area contributed by atoms with Crippen LogP contribution in [0.5, 0.6) is 11.5 Å². The molecular weight excluding hydrogens is 350 g/mol. The van der Waals surface area contributed by atoms with Crippen LogP contribution >= 0.6 is 0 Å². The summed E-state index contributed by atoms with van der Waals surface area (Å²) in [4.78, 5) is 40.8. The van der Waals surface area contributed by atoms with E-state index in [2.05, 4.69) is 12.2 Å². The zero-order chi connectivity index (χ0) is 19.2. The maximum Gasteiger partial charge on any atom is 0.325 e. The van der Waals surface area contributed by atoms with Gasteiger partial charge in [0.2, 0.25) is 12.7 Å². The zero-order valence-corrected chi connectivity index (χ0v) is 15.5. The molecule has 144 valence electrons. The van der Waals surface area contributed by atoms with Gasteiger partial charge in [0.05, 0.1) is 0 Å². The Kier molecular flexibility index (Phi) is 4.20. The first-order valence-electron chi connectivity index (χ1n) is 9.20. The summed E-state index contributed by atoms with van der Waals surface area (Å²) in [5.41, 5.74) is -0.653. The Balaban J connectivity index is 1.52. The summed E-state index contributed by atoms with van der Waals surface area (Å²) in [6.07, 6.45) is 2.04. The van der Waals surface area contributed by atoms with Crippen molar-refractivity contribution in [3.63, 3.8) is 0 Å². The van der Waals surface area contributed by atoms with Gasteiger partial charge < -0.3 is 19.7 Å². The lowest BCUT2D eigenvalue weighted by Crippen LogP contribution is -2.47. The zero-order valence-electron chi connectivity index (χ0n) is 15.5. The molecule has 27 heavy (non-hydrogen) atoms. The minimum atomic E-state index is -1.24. The molecule has 0 aliphatic carbocycles. The Bertz CT molecular complexity index is 811. The third-order valence-corrected chi connectivity index (χ3v) is 5.53. The summed E-state index contributed by atoms with van der Waals surface area (Å²) in [5.74, 6) is 0.937. The highest BCUT2D eigenvalue weighted by molar-refractivity contribution is 6.09. The second-order valence-corrected chi connectivity index (χ2v) is 7.60. The molecule has 4 amide bonds. The van der Waals surface area contributed by atoms with Crippen molar-refractivity contribution in [2.75, 3.05) is 26.4 Å². The smallest absolute Gasteiger partial charge is 0.325 e. The van der Waals surface area contributed by atoms with Crippen LogP contribution in [0.25, 0.3) is 0 Å². The molecule has 1 aromatic carbocycles. The fourth-order valence-corrected chi connectivity index (χ4v) is 3.89. The van der Waals surface area contributed by atoms with Crippen molar-refractivity contribution in [1.29, 1.82) is 0 Å². The third-order valence-electron chi connectivity index (χ3n) is 5.53. The van der Waals surface area contributed by atoms with Crippen molar-refractivity contribution in [2.45, 2.75) is 32.2 Å². The number of urea groups is 1. The lowest BCUT2D eigenvalue weighted by Gasteiger charge is -2.31. The monoisotopic (exact) mass is 373 g/mol. The van der Waals surface area contributed by atoms with Crippen molar-refractivity contribution in [3.8, 4) is 11.5 Å². The number of hydrogen-bond donors (Lipinski definition) is 1. The number of likely N-dealkylation sites (tertiary alicyclic amines) is 1. The Labute approximate surface area is 157 Å². The fourth-order valence-electron chi connectivity index (χ4n) is 3.89. The molecule has 1 N–H and O–H groups in total. The SMILES string of the molecule is C[C@@H]1CCCN(C(=O)CN2C(=O)N[C@](C)(c3ccc4c(c3)OCO4)C2=O)C1. The summed E-state index contributed by atoms with van der Waals surface area (Å²) in [7, 11) is 0. The van der Waals surface area contributed by atoms with Gasteiger partial charge in [0.1, 0.15) is 12.1 Å². The van der Waals surface area contributed by atoms with Gasteiger partial charge in [-0.3, -0.25) is 14.5 Å². The number of imide groups is 1. The maximum absolute atomic E-state index is 13.0. The van der Waals surface area contributed by atoms with Crippen LogP contribution in [0.2, 0.25) is 0 Å². The Hall–Kier alpha value is -2.77. The average molecular weight is 373 g/mol. The van der Waals surface area contributed by atoms with Gasteiger partial charge in [-0.1, -0.05) is 13.0 Å². The lowest BCUT2D eigenvalue weighted by atomic mass is 9.91. The number of amides is 4. The van der Waals surface area contributed by atoms with E-state index >= 15 is 0 Å². The molecule has 0 bridgehead atoms. The number of fused-ring (bicyclic) bond motifs is 1. The summed E-state index contributed by atoms with van der Waals surface area (Å²) in [6.45, 7) is 4.97. The van der Waals surface area contributed by atoms with Crippen LogP contribution in [0.15, 0.2) is 18.2 Å². The number of benzene rings is 1. The number of nitrogens with one attached hydrogen (secondary N) is 1. The number of piperidine rings is 1. The van der Waals surface area contributed by atoms with E-state index in [1.54, 1.807) is 30.0 Å². The van der Waals surface area contributed by atoms with Crippen molar-refractivity contribution in [3.05, 3.63) is 23.8 Å². The number of carbonyl (C=O) groups excluding carboxylic acids is 3. The molecule has 8 heteroatoms. The molecule has 2 saturated heterocycles. The van der Waals surface area contributed by atoms with E-state index in [1.807, 2.05) is 0 Å². The topological polar surface area (TPSA) is 88.2 Å². The molecule has 3 aliphatic rings. The van der Waals surface area contributed by atoms with Crippen LogP contribution in [-0.2, 0) is 15.1 Å². The summed E-state index contributed by atoms with van der Waals surface area (Å²) in [6, 6.07) is 4.57. The first-order chi connectivity index (χ1) is 12.9. The molecule has 0 aromatic heterocycles. The molecule has 1 aromatic rings. The van der Waals surface area contributed by atoms with Gasteiger partial charge >= 0.3 is 6.03 Å². The molecule has 0 spiro atoms. The van der Waals surface area contributed by atoms with Gasteiger partial charge in [-0.25, -0.2) is 4.79 Å². The molecule has 4 rings (SSSR count). The van der Waals surface area contributed by atoms with E-state index in [0.717, 1.165) is 17.7 Å². The van der Waals surface area contributed by atoms with Gasteiger partial charge in [-0.15, -0.1) is 0 Å². The number of hydrogen-bond acceptors (Lipinski definition) is 5. The molecule has 8 nitrogen and oxygen atoms in total. The van der Waals surface area contributed by atoms with Crippen LogP contribution < -0.4 is 14.8 Å². The van der Waals surface area contributed by atoms with Crippen molar-refractivity contribution < 1.29 is 23.9 Å². The Morgan fingerprint density at radius 3 is 2.85 bits per heavy atom. The van der Waals surface area contributed by atoms with Crippen LogP contribution in [0.1, 0.15) is 32.3 Å². The van der Waals surface area contributed by atoms with Crippen LogP contribution in [0.4, 0.5) is 4.79 Å². The minimum absolute atomic E-state index is 0.130. The second-order valence-electron chi connectivity index (χ2n) is 7.60. The molecule has 2 fully saturated rings. The van der Waals surface area contributed by atoms with Crippen LogP contribution in [0, 0.1) is 5.92 Å². The summed E-state index contributed by atoms with van der Waals surface area (Å²) in [5, 5.41) is 2.72. The van der Waals surface area contributed by atoms with Gasteiger partial charge in [0.15, 0.2) is 11.5 Å². The van der Waals surface area contributed by atoms with E-state index in [4.69, 9.17) is 9.47 Å². The highest BCUT2D eigenvalue weighted by atomic mass is 16.7. The number of ether oxygens (including phenoxy) is 2. The number of nitrogens with zero attached hydrogens (tertiary/aromatic N) is 2. The van der Waals surface area contributed by atoms with E-state index < -0.39 is 17.5 Å². The van der Waals surface area contributed by atoms with E-state index in [1.165, 1.54) is 0 Å². The quantitative estimate of drug-likeness (QED) is 0.810. The minimum Gasteiger partial charge on any atom is -0.454 e. The van der Waals surface area contributed by atoms with Crippen LogP contribution in [0.3, 0.4) is 0 Å². The molecule has 3 heterocycles. The van der Waals surface area contributed by atoms with E-state index in [0.29, 0.717) is 36.1 Å². The molecule has 0 radical (unpaired) electrons. The van der Waals surface area contributed by atoms with E-state index in [9.17, 15) is 14.4 Å². The predicted octanol–water partition coefficient (Wildman–Crippen LogP) is 1.44. The highest BCUT2D eigenvalue weighted by Gasteiger charge is 2.50. The molecule has 2 atom stereocenters. The van der Waals surface area contributed by atoms with Crippen LogP contribution in [-0.4, -0.2) is 54.1 Å². The molecule has 3 aliphatic heterocycles. The normalized spacial score (nSPS) is 27.1. The highest BCUT2D eigenvalue weighted by Crippen LogP contribution is 2.37.